The number of hydrogen-bond acceptors (Lipinski definition) is 6. The predicted octanol–water partition coefficient (Wildman–Crippen LogP) is 3.52. The molecule has 30 heavy (non-hydrogen) atoms. The smallest absolute Gasteiger partial charge is 0.290 e. The van der Waals surface area contributed by atoms with E-state index in [1.807, 2.05) is 50.2 Å². The number of ketones is 1. The average molecular weight is 412 g/mol. The minimum atomic E-state index is -0.722. The SMILES string of the molecule is CCCOc1cccc([C@@H]2C(C(=O)c3ccc(C)o3)=C(O)C(=O)N2CCN(C)C)c1. The van der Waals surface area contributed by atoms with E-state index in [1.54, 1.807) is 19.1 Å². The van der Waals surface area contributed by atoms with E-state index in [2.05, 4.69) is 0 Å². The van der Waals surface area contributed by atoms with Crippen molar-refractivity contribution in [1.29, 1.82) is 0 Å². The number of hydrogen-bond donors (Lipinski definition) is 1. The molecule has 1 aliphatic rings. The molecule has 3 rings (SSSR count). The molecule has 1 N–H and O–H groups in total. The number of aliphatic hydroxyl groups is 1. The quantitative estimate of drug-likeness (QED) is 0.635. The first-order valence-electron chi connectivity index (χ1n) is 10.1. The lowest BCUT2D eigenvalue weighted by Crippen LogP contribution is -2.36. The van der Waals surface area contributed by atoms with Gasteiger partial charge >= 0.3 is 0 Å². The van der Waals surface area contributed by atoms with Crippen molar-refractivity contribution in [3.8, 4) is 5.75 Å². The summed E-state index contributed by atoms with van der Waals surface area (Å²) >= 11 is 0. The molecule has 0 saturated carbocycles. The number of rotatable bonds is 9. The minimum absolute atomic E-state index is 0.0285. The van der Waals surface area contributed by atoms with Crippen molar-refractivity contribution >= 4 is 11.7 Å². The van der Waals surface area contributed by atoms with Crippen molar-refractivity contribution in [2.45, 2.75) is 26.3 Å². The summed E-state index contributed by atoms with van der Waals surface area (Å²) in [5.41, 5.74) is 0.729. The zero-order chi connectivity index (χ0) is 21.8. The van der Waals surface area contributed by atoms with E-state index in [9.17, 15) is 14.7 Å². The predicted molar refractivity (Wildman–Crippen MR) is 113 cm³/mol. The van der Waals surface area contributed by atoms with Crippen LogP contribution in [0.15, 0.2) is 52.1 Å². The van der Waals surface area contributed by atoms with Crippen molar-refractivity contribution in [2.75, 3.05) is 33.8 Å². The monoisotopic (exact) mass is 412 g/mol. The highest BCUT2D eigenvalue weighted by Gasteiger charge is 2.44. The van der Waals surface area contributed by atoms with Gasteiger partial charge in [0.25, 0.3) is 5.91 Å². The first kappa shape index (κ1) is 21.6. The molecule has 1 aromatic heterocycles. The molecule has 2 aromatic rings. The molecule has 1 atom stereocenters. The van der Waals surface area contributed by atoms with Gasteiger partial charge in [0.15, 0.2) is 11.5 Å². The molecule has 1 aromatic carbocycles. The van der Waals surface area contributed by atoms with Gasteiger partial charge in [0.05, 0.1) is 18.2 Å². The molecule has 7 heteroatoms. The van der Waals surface area contributed by atoms with Gasteiger partial charge in [-0.1, -0.05) is 19.1 Å². The van der Waals surface area contributed by atoms with Gasteiger partial charge in [-0.3, -0.25) is 9.59 Å². The lowest BCUT2D eigenvalue weighted by Gasteiger charge is -2.28. The van der Waals surface area contributed by atoms with E-state index in [0.29, 0.717) is 36.8 Å². The fourth-order valence-electron chi connectivity index (χ4n) is 3.45. The highest BCUT2D eigenvalue weighted by Crippen LogP contribution is 2.39. The summed E-state index contributed by atoms with van der Waals surface area (Å²) in [6.45, 7) is 5.26. The summed E-state index contributed by atoms with van der Waals surface area (Å²) in [4.78, 5) is 29.6. The largest absolute Gasteiger partial charge is 0.503 e. The molecule has 0 radical (unpaired) electrons. The molecule has 0 unspecified atom stereocenters. The summed E-state index contributed by atoms with van der Waals surface area (Å²) in [6, 6.07) is 9.82. The molecule has 0 saturated heterocycles. The number of Topliss-reactive ketones (excluding diaryl/α,β-unsaturated/α-hetero) is 1. The highest BCUT2D eigenvalue weighted by molar-refractivity contribution is 6.15. The van der Waals surface area contributed by atoms with Crippen LogP contribution in [0.2, 0.25) is 0 Å². The maximum atomic E-state index is 13.2. The standard InChI is InChI=1S/C23H28N2O5/c1-5-13-29-17-8-6-7-16(14-17)20-19(21(26)18-10-9-15(2)30-18)22(27)23(28)25(20)12-11-24(3)4/h6-10,14,20,27H,5,11-13H2,1-4H3/t20-/m1/s1. The summed E-state index contributed by atoms with van der Waals surface area (Å²) in [7, 11) is 3.81. The van der Waals surface area contributed by atoms with Crippen LogP contribution in [0, 0.1) is 6.92 Å². The van der Waals surface area contributed by atoms with Crippen molar-refractivity contribution in [3.05, 3.63) is 64.8 Å². The van der Waals surface area contributed by atoms with Crippen LogP contribution in [0.3, 0.4) is 0 Å². The van der Waals surface area contributed by atoms with E-state index in [-0.39, 0.29) is 11.3 Å². The summed E-state index contributed by atoms with van der Waals surface area (Å²) in [5.74, 6) is -0.253. The third kappa shape index (κ3) is 4.41. The fraction of sp³-hybridized carbons (Fsp3) is 0.391. The van der Waals surface area contributed by atoms with Crippen molar-refractivity contribution in [2.24, 2.45) is 0 Å². The van der Waals surface area contributed by atoms with Crippen LogP contribution >= 0.6 is 0 Å². The highest BCUT2D eigenvalue weighted by atomic mass is 16.5. The number of ether oxygens (including phenoxy) is 1. The second-order valence-electron chi connectivity index (χ2n) is 7.63. The molecule has 0 spiro atoms. The Morgan fingerprint density at radius 1 is 1.27 bits per heavy atom. The van der Waals surface area contributed by atoms with Gasteiger partial charge in [-0.05, 0) is 57.3 Å². The third-order valence-electron chi connectivity index (χ3n) is 4.95. The third-order valence-corrected chi connectivity index (χ3v) is 4.95. The second-order valence-corrected chi connectivity index (χ2v) is 7.63. The van der Waals surface area contributed by atoms with Crippen LogP contribution in [0.25, 0.3) is 0 Å². The van der Waals surface area contributed by atoms with Crippen LogP contribution in [0.1, 0.15) is 41.3 Å². The first-order chi connectivity index (χ1) is 14.3. The Morgan fingerprint density at radius 2 is 2.03 bits per heavy atom. The van der Waals surface area contributed by atoms with E-state index in [4.69, 9.17) is 9.15 Å². The number of aliphatic hydroxyl groups excluding tert-OH is 1. The number of nitrogens with zero attached hydrogens (tertiary/aromatic N) is 2. The Hall–Kier alpha value is -3.06. The Labute approximate surface area is 176 Å². The lowest BCUT2D eigenvalue weighted by atomic mass is 9.95. The van der Waals surface area contributed by atoms with Gasteiger partial charge in [-0.25, -0.2) is 0 Å². The van der Waals surface area contributed by atoms with Gasteiger partial charge in [-0.2, -0.15) is 0 Å². The van der Waals surface area contributed by atoms with E-state index < -0.39 is 23.5 Å². The fourth-order valence-corrected chi connectivity index (χ4v) is 3.45. The van der Waals surface area contributed by atoms with Gasteiger partial charge in [0, 0.05) is 13.1 Å². The molecular formula is C23H28N2O5. The Morgan fingerprint density at radius 3 is 2.67 bits per heavy atom. The number of carbonyl (C=O) groups is 2. The van der Waals surface area contributed by atoms with Gasteiger partial charge in [0.2, 0.25) is 5.78 Å². The Balaban J connectivity index is 2.04. The number of furan rings is 1. The molecule has 0 aliphatic carbocycles. The molecule has 7 nitrogen and oxygen atoms in total. The molecule has 1 aliphatic heterocycles. The van der Waals surface area contributed by atoms with E-state index in [1.165, 1.54) is 4.90 Å². The molecule has 160 valence electrons. The average Bonchev–Trinajstić information content (AvgIpc) is 3.26. The van der Waals surface area contributed by atoms with Crippen LogP contribution in [0.5, 0.6) is 5.75 Å². The summed E-state index contributed by atoms with van der Waals surface area (Å²) in [5, 5.41) is 10.7. The van der Waals surface area contributed by atoms with Gasteiger partial charge in [-0.15, -0.1) is 0 Å². The van der Waals surface area contributed by atoms with Crippen molar-refractivity contribution in [1.82, 2.24) is 9.80 Å². The zero-order valence-electron chi connectivity index (χ0n) is 17.8. The molecule has 0 fully saturated rings. The molecule has 0 bridgehead atoms. The first-order valence-corrected chi connectivity index (χ1v) is 10.1. The maximum Gasteiger partial charge on any atom is 0.290 e. The summed E-state index contributed by atoms with van der Waals surface area (Å²) in [6.07, 6.45) is 0.864. The van der Waals surface area contributed by atoms with E-state index >= 15 is 0 Å². The Kier molecular flexibility index (Phi) is 6.62. The summed E-state index contributed by atoms with van der Waals surface area (Å²) < 4.78 is 11.2. The molecule has 1 amide bonds. The van der Waals surface area contributed by atoms with Crippen LogP contribution in [-0.2, 0) is 4.79 Å². The molecule has 2 heterocycles. The van der Waals surface area contributed by atoms with Crippen LogP contribution < -0.4 is 4.74 Å². The Bertz CT molecular complexity index is 960. The topological polar surface area (TPSA) is 83.2 Å². The number of amides is 1. The van der Waals surface area contributed by atoms with Crippen molar-refractivity contribution in [3.63, 3.8) is 0 Å². The zero-order valence-corrected chi connectivity index (χ0v) is 17.8. The van der Waals surface area contributed by atoms with E-state index in [0.717, 1.165) is 6.42 Å². The molecular weight excluding hydrogens is 384 g/mol. The normalized spacial score (nSPS) is 16.6. The van der Waals surface area contributed by atoms with Crippen LogP contribution in [-0.4, -0.2) is 60.4 Å². The number of aryl methyl sites for hydroxylation is 1. The maximum absolute atomic E-state index is 13.2. The number of benzene rings is 1. The van der Waals surface area contributed by atoms with Gasteiger partial charge in [0.1, 0.15) is 11.5 Å². The lowest BCUT2D eigenvalue weighted by molar-refractivity contribution is -0.129. The number of likely N-dealkylation sites (N-methyl/N-ethyl adjacent to an activating group) is 1. The van der Waals surface area contributed by atoms with Gasteiger partial charge < -0.3 is 24.1 Å². The van der Waals surface area contributed by atoms with Crippen molar-refractivity contribution < 1.29 is 23.8 Å². The number of carbonyl (C=O) groups excluding carboxylic acids is 2. The van der Waals surface area contributed by atoms with Crippen LogP contribution in [0.4, 0.5) is 0 Å². The minimum Gasteiger partial charge on any atom is -0.503 e. The second kappa shape index (κ2) is 9.17.